The van der Waals surface area contributed by atoms with Gasteiger partial charge in [0, 0.05) is 12.8 Å². The average molecular weight is 949 g/mol. The van der Waals surface area contributed by atoms with E-state index in [1.807, 2.05) is 12.2 Å². The summed E-state index contributed by atoms with van der Waals surface area (Å²) < 4.78 is 39.3. The van der Waals surface area contributed by atoms with Crippen molar-refractivity contribution in [3.8, 4) is 0 Å². The molecule has 1 aliphatic carbocycles. The minimum atomic E-state index is -5.16. The van der Waals surface area contributed by atoms with Crippen LogP contribution in [0.15, 0.2) is 97.2 Å². The number of allylic oxidation sites excluding steroid dienone is 14. The van der Waals surface area contributed by atoms with Gasteiger partial charge in [0.05, 0.1) is 18.8 Å². The van der Waals surface area contributed by atoms with Gasteiger partial charge < -0.3 is 44.6 Å². The van der Waals surface area contributed by atoms with Gasteiger partial charge in [-0.3, -0.25) is 18.6 Å². The fourth-order valence-electron chi connectivity index (χ4n) is 6.82. The molecule has 0 aromatic carbocycles. The van der Waals surface area contributed by atoms with Crippen LogP contribution in [0.2, 0.25) is 0 Å². The van der Waals surface area contributed by atoms with E-state index in [1.165, 1.54) is 19.3 Å². The highest BCUT2D eigenvalue weighted by Crippen LogP contribution is 2.47. The van der Waals surface area contributed by atoms with Gasteiger partial charge in [0.15, 0.2) is 6.10 Å². The molecule has 10 atom stereocenters. The lowest BCUT2D eigenvalue weighted by Gasteiger charge is -2.41. The molecule has 1 saturated heterocycles. The first-order valence-electron chi connectivity index (χ1n) is 24.2. The summed E-state index contributed by atoms with van der Waals surface area (Å²) in [6, 6.07) is 0. The van der Waals surface area contributed by atoms with Crippen molar-refractivity contribution in [1.29, 1.82) is 0 Å². The van der Waals surface area contributed by atoms with Crippen LogP contribution in [0.5, 0.6) is 0 Å². The van der Waals surface area contributed by atoms with E-state index in [0.29, 0.717) is 19.3 Å². The van der Waals surface area contributed by atoms with Gasteiger partial charge in [-0.1, -0.05) is 130 Å². The van der Waals surface area contributed by atoms with E-state index in [9.17, 15) is 44.6 Å². The SMILES string of the molecule is CC/C=C\C/C=C\C/C=C\C/C=C\C/C=C\CCCCCC(=O)OC[C@H](COP(=O)(O)OC1[C@H](O)[C@H](O)C(O)[C@H](O)[C@H]1O)OC(=O)CCC/C=C\CC1OC1C/C=C\C/C=C\CCCCC. The molecule has 14 nitrogen and oxygen atoms in total. The zero-order chi connectivity index (χ0) is 48.3. The number of ether oxygens (including phenoxy) is 3. The fraction of sp³-hybridized carbons (Fsp3) is 0.647. The second-order valence-corrected chi connectivity index (χ2v) is 18.0. The summed E-state index contributed by atoms with van der Waals surface area (Å²) >= 11 is 0. The van der Waals surface area contributed by atoms with Crippen molar-refractivity contribution < 1.29 is 67.8 Å². The summed E-state index contributed by atoms with van der Waals surface area (Å²) in [5.41, 5.74) is 0. The molecule has 15 heteroatoms. The van der Waals surface area contributed by atoms with E-state index in [4.69, 9.17) is 23.3 Å². The van der Waals surface area contributed by atoms with E-state index >= 15 is 0 Å². The number of unbranched alkanes of at least 4 members (excludes halogenated alkanes) is 7. The fourth-order valence-corrected chi connectivity index (χ4v) is 7.79. The number of phosphoric acid groups is 1. The molecule has 2 fully saturated rings. The van der Waals surface area contributed by atoms with Crippen molar-refractivity contribution in [3.63, 3.8) is 0 Å². The molecular weight excluding hydrogens is 868 g/mol. The Morgan fingerprint density at radius 3 is 1.56 bits per heavy atom. The van der Waals surface area contributed by atoms with Crippen LogP contribution in [-0.4, -0.2) is 111 Å². The van der Waals surface area contributed by atoms with Crippen LogP contribution in [0.25, 0.3) is 0 Å². The number of esters is 2. The van der Waals surface area contributed by atoms with Crippen LogP contribution in [0.1, 0.15) is 142 Å². The molecule has 0 aromatic rings. The Bertz CT molecular complexity index is 1590. The Morgan fingerprint density at radius 2 is 1.00 bits per heavy atom. The third-order valence-electron chi connectivity index (χ3n) is 10.8. The van der Waals surface area contributed by atoms with E-state index in [1.54, 1.807) is 0 Å². The van der Waals surface area contributed by atoms with Crippen LogP contribution in [0, 0.1) is 0 Å². The summed E-state index contributed by atoms with van der Waals surface area (Å²) in [7, 11) is -5.16. The van der Waals surface area contributed by atoms with Crippen molar-refractivity contribution in [1.82, 2.24) is 0 Å². The molecule has 2 aliphatic rings. The number of epoxide rings is 1. The predicted molar refractivity (Wildman–Crippen MR) is 257 cm³/mol. The molecule has 1 heterocycles. The Hall–Kier alpha value is -3.27. The van der Waals surface area contributed by atoms with Gasteiger partial charge in [0.25, 0.3) is 0 Å². The lowest BCUT2D eigenvalue weighted by Crippen LogP contribution is -2.64. The van der Waals surface area contributed by atoms with Crippen LogP contribution >= 0.6 is 7.82 Å². The predicted octanol–water partition coefficient (Wildman–Crippen LogP) is 8.82. The first kappa shape index (κ1) is 58.9. The number of carbonyl (C=O) groups excluding carboxylic acids is 2. The van der Waals surface area contributed by atoms with Crippen LogP contribution < -0.4 is 0 Å². The number of aliphatic hydroxyl groups is 5. The van der Waals surface area contributed by atoms with E-state index in [-0.39, 0.29) is 25.0 Å². The minimum absolute atomic E-state index is 0.00107. The molecule has 374 valence electrons. The van der Waals surface area contributed by atoms with E-state index < -0.39 is 75.7 Å². The molecule has 0 spiro atoms. The number of hydrogen-bond donors (Lipinski definition) is 6. The average Bonchev–Trinajstić information content (AvgIpc) is 4.06. The Kier molecular flexibility index (Phi) is 32.8. The van der Waals surface area contributed by atoms with Crippen LogP contribution in [0.3, 0.4) is 0 Å². The van der Waals surface area contributed by atoms with Crippen LogP contribution in [-0.2, 0) is 37.4 Å². The monoisotopic (exact) mass is 949 g/mol. The third kappa shape index (κ3) is 28.2. The lowest BCUT2D eigenvalue weighted by atomic mass is 9.85. The normalized spacial score (nSPS) is 25.2. The van der Waals surface area contributed by atoms with Gasteiger partial charge in [0.1, 0.15) is 43.2 Å². The first-order chi connectivity index (χ1) is 31.9. The molecule has 66 heavy (non-hydrogen) atoms. The third-order valence-corrected chi connectivity index (χ3v) is 11.8. The summed E-state index contributed by atoms with van der Waals surface area (Å²) in [5.74, 6) is -1.22. The van der Waals surface area contributed by atoms with Crippen molar-refractivity contribution >= 4 is 19.8 Å². The number of hydrogen-bond acceptors (Lipinski definition) is 13. The van der Waals surface area contributed by atoms with Crippen molar-refractivity contribution in [2.45, 2.75) is 197 Å². The zero-order valence-electron chi connectivity index (χ0n) is 39.4. The van der Waals surface area contributed by atoms with Crippen molar-refractivity contribution in [2.24, 2.45) is 0 Å². The van der Waals surface area contributed by atoms with E-state index in [2.05, 4.69) is 98.9 Å². The van der Waals surface area contributed by atoms with Gasteiger partial charge in [-0.15, -0.1) is 0 Å². The van der Waals surface area contributed by atoms with Crippen molar-refractivity contribution in [3.05, 3.63) is 97.2 Å². The maximum Gasteiger partial charge on any atom is 0.472 e. The van der Waals surface area contributed by atoms with Gasteiger partial charge >= 0.3 is 19.8 Å². The quantitative estimate of drug-likeness (QED) is 0.0113. The molecule has 5 unspecified atom stereocenters. The first-order valence-corrected chi connectivity index (χ1v) is 25.7. The zero-order valence-corrected chi connectivity index (χ0v) is 40.3. The molecule has 1 aliphatic heterocycles. The maximum absolute atomic E-state index is 12.8. The molecule has 0 bridgehead atoms. The highest BCUT2D eigenvalue weighted by molar-refractivity contribution is 7.47. The topological polar surface area (TPSA) is 222 Å². The largest absolute Gasteiger partial charge is 0.472 e. The van der Waals surface area contributed by atoms with Gasteiger partial charge in [-0.2, -0.15) is 0 Å². The molecule has 0 radical (unpaired) electrons. The highest BCUT2D eigenvalue weighted by Gasteiger charge is 2.51. The number of rotatable bonds is 37. The Balaban J connectivity index is 1.74. The smallest absolute Gasteiger partial charge is 0.462 e. The molecule has 2 rings (SSSR count). The standard InChI is InChI=1S/C51H81O14P/c1-3-5-7-9-11-13-14-15-16-17-18-19-20-21-22-24-26-28-33-37-44(52)61-39-41(40-62-66(59,60)65-51-49(57)47(55)46(54)48(56)50(51)58)63-45(53)38-34-30-29-32-36-43-42(64-43)35-31-27-25-23-12-10-8-6-4-2/h5,7,11-13,15-16,18-19,21-23,27,29,31-32,41-43,46-51,54-58H,3-4,6,8-10,14,17,20,24-26,28,30,33-40H2,1-2H3,(H,59,60)/b7-5-,13-11-,16-15-,19-18-,22-21-,23-12-,31-27-,32-29-/t41-,42?,43?,46?,47-,48+,49-,50-,51?/m1/s1. The minimum Gasteiger partial charge on any atom is -0.462 e. The van der Waals surface area contributed by atoms with Gasteiger partial charge in [-0.25, -0.2) is 4.57 Å². The second-order valence-electron chi connectivity index (χ2n) is 16.6. The Morgan fingerprint density at radius 1 is 0.545 bits per heavy atom. The van der Waals surface area contributed by atoms with Gasteiger partial charge in [0.2, 0.25) is 0 Å². The van der Waals surface area contributed by atoms with Gasteiger partial charge in [-0.05, 0) is 96.3 Å². The maximum atomic E-state index is 12.8. The number of aliphatic hydroxyl groups excluding tert-OH is 5. The second kappa shape index (κ2) is 36.7. The summed E-state index contributed by atoms with van der Waals surface area (Å²) in [4.78, 5) is 35.8. The lowest BCUT2D eigenvalue weighted by molar-refractivity contribution is -0.220. The number of carbonyl (C=O) groups is 2. The highest BCUT2D eigenvalue weighted by atomic mass is 31.2. The Labute approximate surface area is 394 Å². The van der Waals surface area contributed by atoms with Crippen molar-refractivity contribution in [2.75, 3.05) is 13.2 Å². The van der Waals surface area contributed by atoms with E-state index in [0.717, 1.165) is 77.0 Å². The molecular formula is C51H81O14P. The molecule has 6 N–H and O–H groups in total. The number of phosphoric ester groups is 1. The molecule has 0 aromatic heterocycles. The summed E-state index contributed by atoms with van der Waals surface area (Å²) in [6.07, 6.45) is 37.6. The molecule has 0 amide bonds. The summed E-state index contributed by atoms with van der Waals surface area (Å²) in [5, 5.41) is 50.2. The van der Waals surface area contributed by atoms with Crippen LogP contribution in [0.4, 0.5) is 0 Å². The summed E-state index contributed by atoms with van der Waals surface area (Å²) in [6.45, 7) is 3.06. The molecule has 1 saturated carbocycles.